The molecule has 0 atom stereocenters. The molecule has 29 heavy (non-hydrogen) atoms. The third-order valence-electron chi connectivity index (χ3n) is 3.56. The highest BCUT2D eigenvalue weighted by atomic mass is 19.4. The summed E-state index contributed by atoms with van der Waals surface area (Å²) in [6, 6.07) is 5.50. The van der Waals surface area contributed by atoms with Crippen LogP contribution in [0.4, 0.5) is 24.5 Å². The van der Waals surface area contributed by atoms with Crippen LogP contribution in [0, 0.1) is 10.1 Å². The van der Waals surface area contributed by atoms with E-state index in [1.54, 1.807) is 0 Å². The van der Waals surface area contributed by atoms with Crippen LogP contribution in [0.5, 0.6) is 23.0 Å². The number of nitro benzene ring substituents is 1. The van der Waals surface area contributed by atoms with Crippen molar-refractivity contribution >= 4 is 17.3 Å². The molecule has 2 aromatic carbocycles. The number of nitrogens with zero attached hydrogens (tertiary/aromatic N) is 1. The molecule has 0 radical (unpaired) electrons. The number of ether oxygens (including phenoxy) is 4. The Kier molecular flexibility index (Phi) is 6.36. The lowest BCUT2D eigenvalue weighted by Gasteiger charge is -2.15. The predicted octanol–water partition coefficient (Wildman–Crippen LogP) is 3.77. The van der Waals surface area contributed by atoms with E-state index in [9.17, 15) is 28.1 Å². The van der Waals surface area contributed by atoms with Gasteiger partial charge in [-0.05, 0) is 12.1 Å². The molecule has 0 saturated heterocycles. The number of alkyl halides is 3. The summed E-state index contributed by atoms with van der Waals surface area (Å²) in [7, 11) is 3.63. The van der Waals surface area contributed by atoms with Gasteiger partial charge in [0.15, 0.2) is 5.75 Å². The number of carbonyl (C=O) groups excluding carboxylic acids is 1. The van der Waals surface area contributed by atoms with Crippen molar-refractivity contribution in [1.82, 2.24) is 0 Å². The van der Waals surface area contributed by atoms with Crippen molar-refractivity contribution in [2.75, 3.05) is 26.6 Å². The number of methoxy groups -OCH3 is 3. The smallest absolute Gasteiger partial charge is 0.493 e. The van der Waals surface area contributed by atoms with Crippen molar-refractivity contribution in [3.63, 3.8) is 0 Å². The summed E-state index contributed by atoms with van der Waals surface area (Å²) < 4.78 is 56.0. The molecule has 0 heterocycles. The first kappa shape index (κ1) is 21.6. The van der Waals surface area contributed by atoms with Crippen molar-refractivity contribution in [2.24, 2.45) is 0 Å². The van der Waals surface area contributed by atoms with Crippen molar-refractivity contribution in [3.8, 4) is 23.0 Å². The highest BCUT2D eigenvalue weighted by Gasteiger charge is 2.33. The number of halogens is 3. The standard InChI is InChI=1S/C17H15F3N2O7/c1-26-12-8-11(13(22(24)25)15(28-3)14(12)27-2)16(23)21-9-5-4-6-10(7-9)29-17(18,19)20/h4-8H,1-3H3,(H,21,23). The number of rotatable bonds is 7. The Hall–Kier alpha value is -3.70. The molecule has 0 unspecified atom stereocenters. The number of hydrogen-bond acceptors (Lipinski definition) is 7. The van der Waals surface area contributed by atoms with Crippen LogP contribution in [0.2, 0.25) is 0 Å². The van der Waals surface area contributed by atoms with Crippen molar-refractivity contribution in [3.05, 3.63) is 46.0 Å². The Labute approximate surface area is 162 Å². The van der Waals surface area contributed by atoms with Crippen LogP contribution >= 0.6 is 0 Å². The fourth-order valence-corrected chi connectivity index (χ4v) is 2.46. The van der Waals surface area contributed by atoms with Crippen LogP contribution in [-0.2, 0) is 0 Å². The average Bonchev–Trinajstić information content (AvgIpc) is 2.64. The molecule has 0 saturated carbocycles. The highest BCUT2D eigenvalue weighted by molar-refractivity contribution is 6.08. The molecule has 0 bridgehead atoms. The number of anilines is 1. The Morgan fingerprint density at radius 2 is 1.72 bits per heavy atom. The molecule has 1 amide bonds. The van der Waals surface area contributed by atoms with E-state index in [2.05, 4.69) is 10.1 Å². The lowest BCUT2D eigenvalue weighted by Crippen LogP contribution is -2.18. The maximum absolute atomic E-state index is 12.6. The molecule has 0 aliphatic carbocycles. The first-order chi connectivity index (χ1) is 13.6. The number of hydrogen-bond donors (Lipinski definition) is 1. The van der Waals surface area contributed by atoms with E-state index in [1.165, 1.54) is 26.4 Å². The zero-order valence-corrected chi connectivity index (χ0v) is 15.3. The van der Waals surface area contributed by atoms with Gasteiger partial charge < -0.3 is 24.3 Å². The van der Waals surface area contributed by atoms with Crippen LogP contribution in [0.15, 0.2) is 30.3 Å². The molecule has 156 valence electrons. The van der Waals surface area contributed by atoms with Crippen molar-refractivity contribution < 1.29 is 41.8 Å². The summed E-state index contributed by atoms with van der Waals surface area (Å²) in [6.07, 6.45) is -4.92. The Morgan fingerprint density at radius 1 is 1.07 bits per heavy atom. The zero-order valence-electron chi connectivity index (χ0n) is 15.3. The lowest BCUT2D eigenvalue weighted by molar-refractivity contribution is -0.386. The van der Waals surface area contributed by atoms with Gasteiger partial charge in [-0.15, -0.1) is 13.2 Å². The zero-order chi connectivity index (χ0) is 21.8. The summed E-state index contributed by atoms with van der Waals surface area (Å²) in [5.74, 6) is -2.03. The van der Waals surface area contributed by atoms with Gasteiger partial charge in [0.25, 0.3) is 5.91 Å². The minimum Gasteiger partial charge on any atom is -0.493 e. The molecule has 0 aliphatic rings. The van der Waals surface area contributed by atoms with E-state index >= 15 is 0 Å². The van der Waals surface area contributed by atoms with Crippen molar-refractivity contribution in [1.29, 1.82) is 0 Å². The van der Waals surface area contributed by atoms with Gasteiger partial charge in [0.05, 0.1) is 26.3 Å². The molecule has 2 aromatic rings. The maximum atomic E-state index is 12.6. The third kappa shape index (κ3) is 4.97. The molecule has 2 rings (SSSR count). The van der Waals surface area contributed by atoms with Crippen LogP contribution < -0.4 is 24.3 Å². The summed E-state index contributed by atoms with van der Waals surface area (Å²) in [5, 5.41) is 13.8. The average molecular weight is 416 g/mol. The number of carbonyl (C=O) groups is 1. The highest BCUT2D eigenvalue weighted by Crippen LogP contribution is 2.46. The van der Waals surface area contributed by atoms with Crippen LogP contribution in [0.3, 0.4) is 0 Å². The first-order valence-corrected chi connectivity index (χ1v) is 7.75. The Morgan fingerprint density at radius 3 is 2.24 bits per heavy atom. The topological polar surface area (TPSA) is 109 Å². The fourth-order valence-electron chi connectivity index (χ4n) is 2.46. The summed E-state index contributed by atoms with van der Waals surface area (Å²) >= 11 is 0. The number of benzene rings is 2. The van der Waals surface area contributed by atoms with E-state index in [0.717, 1.165) is 25.3 Å². The number of amides is 1. The molecule has 9 nitrogen and oxygen atoms in total. The van der Waals surface area contributed by atoms with E-state index in [0.29, 0.717) is 0 Å². The van der Waals surface area contributed by atoms with Gasteiger partial charge in [-0.2, -0.15) is 0 Å². The lowest BCUT2D eigenvalue weighted by atomic mass is 10.1. The monoisotopic (exact) mass is 416 g/mol. The third-order valence-corrected chi connectivity index (χ3v) is 3.56. The van der Waals surface area contributed by atoms with Gasteiger partial charge in [-0.1, -0.05) is 6.07 Å². The van der Waals surface area contributed by atoms with E-state index in [-0.39, 0.29) is 22.9 Å². The second kappa shape index (κ2) is 8.54. The molecule has 1 N–H and O–H groups in total. The maximum Gasteiger partial charge on any atom is 0.573 e. The number of nitrogens with one attached hydrogen (secondary N) is 1. The van der Waals surface area contributed by atoms with E-state index in [4.69, 9.17) is 14.2 Å². The summed E-state index contributed by atoms with van der Waals surface area (Å²) in [5.41, 5.74) is -1.24. The summed E-state index contributed by atoms with van der Waals surface area (Å²) in [4.78, 5) is 23.3. The summed E-state index contributed by atoms with van der Waals surface area (Å²) in [6.45, 7) is 0. The minimum atomic E-state index is -4.92. The SMILES string of the molecule is COc1cc(C(=O)Nc2cccc(OC(F)(F)F)c2)c([N+](=O)[O-])c(OC)c1OC. The fraction of sp³-hybridized carbons (Fsp3) is 0.235. The van der Waals surface area contributed by atoms with E-state index in [1.807, 2.05) is 0 Å². The molecule has 0 spiro atoms. The second-order valence-corrected chi connectivity index (χ2v) is 5.33. The van der Waals surface area contributed by atoms with Crippen LogP contribution in [0.25, 0.3) is 0 Å². The predicted molar refractivity (Wildman–Crippen MR) is 93.8 cm³/mol. The van der Waals surface area contributed by atoms with Gasteiger partial charge in [-0.3, -0.25) is 14.9 Å². The first-order valence-electron chi connectivity index (χ1n) is 7.75. The van der Waals surface area contributed by atoms with Gasteiger partial charge >= 0.3 is 12.0 Å². The van der Waals surface area contributed by atoms with Crippen LogP contribution in [-0.4, -0.2) is 38.5 Å². The molecule has 0 aliphatic heterocycles. The van der Waals surface area contributed by atoms with Gasteiger partial charge in [0, 0.05) is 17.8 Å². The molecular weight excluding hydrogens is 401 g/mol. The van der Waals surface area contributed by atoms with Gasteiger partial charge in [0.1, 0.15) is 11.3 Å². The minimum absolute atomic E-state index is 0.0192. The molecular formula is C17H15F3N2O7. The number of nitro groups is 1. The molecule has 0 aromatic heterocycles. The van der Waals surface area contributed by atoms with Crippen molar-refractivity contribution in [2.45, 2.75) is 6.36 Å². The molecule has 0 fully saturated rings. The Balaban J connectivity index is 2.48. The van der Waals surface area contributed by atoms with Gasteiger partial charge in [0.2, 0.25) is 11.5 Å². The quantitative estimate of drug-likeness (QED) is 0.540. The second-order valence-electron chi connectivity index (χ2n) is 5.33. The van der Waals surface area contributed by atoms with Crippen LogP contribution in [0.1, 0.15) is 10.4 Å². The Bertz CT molecular complexity index is 932. The molecule has 12 heteroatoms. The van der Waals surface area contributed by atoms with Gasteiger partial charge in [-0.25, -0.2) is 0 Å². The normalized spacial score (nSPS) is 10.8. The van der Waals surface area contributed by atoms with E-state index < -0.39 is 34.2 Å². The largest absolute Gasteiger partial charge is 0.573 e.